The molecule has 0 heterocycles. The summed E-state index contributed by atoms with van der Waals surface area (Å²) in [4.78, 5) is -0.135. The van der Waals surface area contributed by atoms with Crippen LogP contribution in [0.2, 0.25) is 5.02 Å². The summed E-state index contributed by atoms with van der Waals surface area (Å²) in [5, 5.41) is 0.668. The van der Waals surface area contributed by atoms with Gasteiger partial charge in [-0.05, 0) is 41.8 Å². The minimum absolute atomic E-state index is 0.135. The first-order valence-electron chi connectivity index (χ1n) is 5.39. The number of halogens is 4. The smallest absolute Gasteiger partial charge is 0.126 e. The lowest BCUT2D eigenvalue weighted by Gasteiger charge is -2.11. The normalized spacial score (nSPS) is 12.4. The molecular weight excluding hydrogens is 322 g/mol. The molecule has 0 amide bonds. The topological polar surface area (TPSA) is 0 Å². The number of alkyl halides is 1. The molecule has 0 nitrogen and oxygen atoms in total. The molecule has 1 atom stereocenters. The van der Waals surface area contributed by atoms with Crippen molar-refractivity contribution in [2.75, 3.05) is 0 Å². The van der Waals surface area contributed by atoms with Crippen molar-refractivity contribution in [1.82, 2.24) is 0 Å². The van der Waals surface area contributed by atoms with Crippen LogP contribution in [0.4, 0.5) is 8.78 Å². The second kappa shape index (κ2) is 5.81. The fourth-order valence-electron chi connectivity index (χ4n) is 1.70. The van der Waals surface area contributed by atoms with Crippen LogP contribution in [-0.2, 0) is 6.42 Å². The Hall–Kier alpha value is -0.930. The van der Waals surface area contributed by atoms with Crippen molar-refractivity contribution in [3.8, 4) is 0 Å². The van der Waals surface area contributed by atoms with E-state index < -0.39 is 11.6 Å². The number of hydrogen-bond donors (Lipinski definition) is 0. The minimum atomic E-state index is -0.564. The van der Waals surface area contributed by atoms with Gasteiger partial charge in [-0.15, -0.1) is 0 Å². The maximum atomic E-state index is 13.1. The Balaban J connectivity index is 2.16. The molecule has 0 saturated carbocycles. The van der Waals surface area contributed by atoms with Crippen LogP contribution in [0.5, 0.6) is 0 Å². The largest absolute Gasteiger partial charge is 0.207 e. The van der Waals surface area contributed by atoms with Crippen molar-refractivity contribution >= 4 is 27.5 Å². The van der Waals surface area contributed by atoms with E-state index in [-0.39, 0.29) is 4.83 Å². The quantitative estimate of drug-likeness (QED) is 0.670. The van der Waals surface area contributed by atoms with Crippen molar-refractivity contribution < 1.29 is 8.78 Å². The lowest BCUT2D eigenvalue weighted by atomic mass is 10.0. The van der Waals surface area contributed by atoms with Gasteiger partial charge in [0.05, 0.1) is 0 Å². The van der Waals surface area contributed by atoms with Gasteiger partial charge in [-0.25, -0.2) is 8.78 Å². The fraction of sp³-hybridized carbons (Fsp3) is 0.143. The number of rotatable bonds is 3. The summed E-state index contributed by atoms with van der Waals surface area (Å²) in [5.74, 6) is -1.13. The zero-order valence-electron chi connectivity index (χ0n) is 9.34. The molecule has 0 saturated heterocycles. The molecule has 0 aromatic heterocycles. The zero-order chi connectivity index (χ0) is 13.1. The van der Waals surface area contributed by atoms with Crippen molar-refractivity contribution in [2.24, 2.45) is 0 Å². The molecule has 0 radical (unpaired) electrons. The van der Waals surface area contributed by atoms with Crippen molar-refractivity contribution in [1.29, 1.82) is 0 Å². The maximum absolute atomic E-state index is 13.1. The second-order valence-corrected chi connectivity index (χ2v) is 5.54. The number of hydrogen-bond acceptors (Lipinski definition) is 0. The Morgan fingerprint density at radius 1 is 1.00 bits per heavy atom. The molecule has 94 valence electrons. The van der Waals surface area contributed by atoms with Gasteiger partial charge in [-0.1, -0.05) is 39.7 Å². The summed E-state index contributed by atoms with van der Waals surface area (Å²) in [7, 11) is 0. The first-order valence-corrected chi connectivity index (χ1v) is 6.68. The summed E-state index contributed by atoms with van der Waals surface area (Å²) in [6.07, 6.45) is 0.639. The van der Waals surface area contributed by atoms with Crippen molar-refractivity contribution in [3.63, 3.8) is 0 Å². The molecule has 0 N–H and O–H groups in total. The molecule has 2 aromatic rings. The molecule has 0 aliphatic heterocycles. The molecule has 2 rings (SSSR count). The molecule has 2 aromatic carbocycles. The van der Waals surface area contributed by atoms with Gasteiger partial charge in [0.15, 0.2) is 0 Å². The fourth-order valence-corrected chi connectivity index (χ4v) is 2.47. The Bertz CT molecular complexity index is 520. The van der Waals surface area contributed by atoms with Gasteiger partial charge >= 0.3 is 0 Å². The Morgan fingerprint density at radius 2 is 1.56 bits per heavy atom. The molecule has 18 heavy (non-hydrogen) atoms. The molecule has 0 fully saturated rings. The van der Waals surface area contributed by atoms with E-state index in [1.54, 1.807) is 12.1 Å². The summed E-state index contributed by atoms with van der Waals surface area (Å²) < 4.78 is 26.2. The van der Waals surface area contributed by atoms with Crippen LogP contribution in [0.1, 0.15) is 16.0 Å². The average Bonchev–Trinajstić information content (AvgIpc) is 2.31. The molecule has 0 aliphatic rings. The third-order valence-electron chi connectivity index (χ3n) is 2.57. The van der Waals surface area contributed by atoms with E-state index >= 15 is 0 Å². The van der Waals surface area contributed by atoms with Gasteiger partial charge in [0.2, 0.25) is 0 Å². The van der Waals surface area contributed by atoms with Gasteiger partial charge in [-0.3, -0.25) is 0 Å². The third-order valence-corrected chi connectivity index (χ3v) is 3.68. The van der Waals surface area contributed by atoms with E-state index in [0.29, 0.717) is 17.0 Å². The summed E-state index contributed by atoms with van der Waals surface area (Å²) in [6.45, 7) is 0. The molecule has 1 unspecified atom stereocenters. The average molecular weight is 332 g/mol. The van der Waals surface area contributed by atoms with Crippen LogP contribution in [0, 0.1) is 11.6 Å². The molecular formula is C14H10BrClF2. The van der Waals surface area contributed by atoms with E-state index in [1.807, 2.05) is 12.1 Å². The van der Waals surface area contributed by atoms with Crippen molar-refractivity contribution in [2.45, 2.75) is 11.2 Å². The highest BCUT2D eigenvalue weighted by Crippen LogP contribution is 2.28. The Kier molecular flexibility index (Phi) is 4.36. The Labute approximate surface area is 118 Å². The van der Waals surface area contributed by atoms with Gasteiger partial charge in [0, 0.05) is 15.9 Å². The number of benzene rings is 2. The van der Waals surface area contributed by atoms with Gasteiger partial charge < -0.3 is 0 Å². The lowest BCUT2D eigenvalue weighted by molar-refractivity contribution is 0.579. The van der Waals surface area contributed by atoms with E-state index in [1.165, 1.54) is 12.1 Å². The predicted octanol–water partition coefficient (Wildman–Crippen LogP) is 5.30. The van der Waals surface area contributed by atoms with E-state index in [2.05, 4.69) is 15.9 Å². The molecule has 0 aliphatic carbocycles. The molecule has 0 spiro atoms. The first kappa shape index (κ1) is 13.5. The van der Waals surface area contributed by atoms with E-state index in [0.717, 1.165) is 11.6 Å². The second-order valence-electron chi connectivity index (χ2n) is 4.00. The highest BCUT2D eigenvalue weighted by Gasteiger charge is 2.11. The SMILES string of the molecule is Fc1cc(F)cc(C(Br)Cc2ccc(Cl)cc2)c1. The zero-order valence-corrected chi connectivity index (χ0v) is 11.7. The monoisotopic (exact) mass is 330 g/mol. The third kappa shape index (κ3) is 3.53. The highest BCUT2D eigenvalue weighted by molar-refractivity contribution is 9.09. The van der Waals surface area contributed by atoms with Crippen LogP contribution < -0.4 is 0 Å². The van der Waals surface area contributed by atoms with E-state index in [4.69, 9.17) is 11.6 Å². The highest BCUT2D eigenvalue weighted by atomic mass is 79.9. The summed E-state index contributed by atoms with van der Waals surface area (Å²) >= 11 is 9.24. The van der Waals surface area contributed by atoms with Crippen LogP contribution in [-0.4, -0.2) is 0 Å². The Morgan fingerprint density at radius 3 is 2.11 bits per heavy atom. The molecule has 0 bridgehead atoms. The van der Waals surface area contributed by atoms with Gasteiger partial charge in [0.1, 0.15) is 11.6 Å². The van der Waals surface area contributed by atoms with Crippen molar-refractivity contribution in [3.05, 3.63) is 70.2 Å². The summed E-state index contributed by atoms with van der Waals surface area (Å²) in [5.41, 5.74) is 1.63. The lowest BCUT2D eigenvalue weighted by Crippen LogP contribution is -1.97. The van der Waals surface area contributed by atoms with Crippen LogP contribution in [0.25, 0.3) is 0 Å². The van der Waals surface area contributed by atoms with Crippen LogP contribution >= 0.6 is 27.5 Å². The van der Waals surface area contributed by atoms with Gasteiger partial charge in [0.25, 0.3) is 0 Å². The maximum Gasteiger partial charge on any atom is 0.126 e. The minimum Gasteiger partial charge on any atom is -0.207 e. The van der Waals surface area contributed by atoms with Crippen LogP contribution in [0.3, 0.4) is 0 Å². The predicted molar refractivity (Wildman–Crippen MR) is 73.2 cm³/mol. The van der Waals surface area contributed by atoms with E-state index in [9.17, 15) is 8.78 Å². The van der Waals surface area contributed by atoms with Crippen LogP contribution in [0.15, 0.2) is 42.5 Å². The standard InChI is InChI=1S/C14H10BrClF2/c15-14(5-9-1-3-11(16)4-2-9)10-6-12(17)8-13(18)7-10/h1-4,6-8,14H,5H2. The van der Waals surface area contributed by atoms with Gasteiger partial charge in [-0.2, -0.15) is 0 Å². The summed E-state index contributed by atoms with van der Waals surface area (Å²) in [6, 6.07) is 10.9. The first-order chi connectivity index (χ1) is 8.54. The molecule has 4 heteroatoms.